The fourth-order valence-electron chi connectivity index (χ4n) is 2.95. The summed E-state index contributed by atoms with van der Waals surface area (Å²) in [6, 6.07) is 16.2. The minimum absolute atomic E-state index is 0.269. The summed E-state index contributed by atoms with van der Waals surface area (Å²) in [4.78, 5) is 8.17. The maximum absolute atomic E-state index is 9.87. The summed E-state index contributed by atoms with van der Waals surface area (Å²) in [5.41, 5.74) is 4.47. The van der Waals surface area contributed by atoms with Crippen LogP contribution in [-0.4, -0.2) is 29.1 Å². The molecule has 0 saturated carbocycles. The Morgan fingerprint density at radius 2 is 1.81 bits per heavy atom. The van der Waals surface area contributed by atoms with Crippen molar-refractivity contribution in [1.29, 1.82) is 0 Å². The van der Waals surface area contributed by atoms with Crippen LogP contribution in [0.4, 0.5) is 0 Å². The zero-order chi connectivity index (χ0) is 18.5. The zero-order valence-corrected chi connectivity index (χ0v) is 16.5. The van der Waals surface area contributed by atoms with Gasteiger partial charge in [-0.25, -0.2) is 4.98 Å². The van der Waals surface area contributed by atoms with Gasteiger partial charge in [-0.15, -0.1) is 11.3 Å². The number of thiazole rings is 1. The topological polar surface area (TPSA) is 36.4 Å². The normalized spacial score (nSPS) is 11.2. The lowest BCUT2D eigenvalue weighted by molar-refractivity contribution is 0.402. The number of phenolic OH excluding ortho intramolecular Hbond substituents is 1. The molecule has 0 aliphatic carbocycles. The highest BCUT2D eigenvalue weighted by molar-refractivity contribution is 7.15. The third kappa shape index (κ3) is 4.51. The van der Waals surface area contributed by atoms with Crippen LogP contribution in [0.25, 0.3) is 21.7 Å². The van der Waals surface area contributed by atoms with E-state index in [0.717, 1.165) is 34.1 Å². The first-order valence-electron chi connectivity index (χ1n) is 9.10. The number of benzene rings is 2. The predicted molar refractivity (Wildman–Crippen MR) is 111 cm³/mol. The second-order valence-electron chi connectivity index (χ2n) is 6.87. The van der Waals surface area contributed by atoms with Gasteiger partial charge >= 0.3 is 0 Å². The molecule has 0 aliphatic rings. The Labute approximate surface area is 160 Å². The molecule has 1 aromatic heterocycles. The number of aromatic nitrogens is 1. The molecule has 0 bridgehead atoms. The monoisotopic (exact) mass is 366 g/mol. The first-order chi connectivity index (χ1) is 12.6. The summed E-state index contributed by atoms with van der Waals surface area (Å²) in [6.45, 7) is 3.03. The van der Waals surface area contributed by atoms with Crippen molar-refractivity contribution < 1.29 is 5.11 Å². The molecule has 0 fully saturated rings. The Morgan fingerprint density at radius 3 is 2.46 bits per heavy atom. The maximum atomic E-state index is 9.87. The Balaban J connectivity index is 2.00. The fourth-order valence-corrected chi connectivity index (χ4v) is 4.16. The van der Waals surface area contributed by atoms with Gasteiger partial charge in [0.25, 0.3) is 0 Å². The second-order valence-corrected chi connectivity index (χ2v) is 7.96. The van der Waals surface area contributed by atoms with Crippen molar-refractivity contribution in [1.82, 2.24) is 9.88 Å². The van der Waals surface area contributed by atoms with Crippen molar-refractivity contribution in [3.63, 3.8) is 0 Å². The number of phenols is 1. The molecule has 2 aromatic carbocycles. The molecule has 0 aliphatic heterocycles. The van der Waals surface area contributed by atoms with Crippen LogP contribution in [0.3, 0.4) is 0 Å². The van der Waals surface area contributed by atoms with E-state index in [1.165, 1.54) is 24.0 Å². The molecule has 0 atom stereocenters. The summed E-state index contributed by atoms with van der Waals surface area (Å²) in [6.07, 6.45) is 3.57. The van der Waals surface area contributed by atoms with Crippen molar-refractivity contribution in [2.75, 3.05) is 14.1 Å². The number of nitrogens with zero attached hydrogens (tertiary/aromatic N) is 2. The minimum atomic E-state index is 0.269. The van der Waals surface area contributed by atoms with Gasteiger partial charge in [0.2, 0.25) is 0 Å². The van der Waals surface area contributed by atoms with Gasteiger partial charge in [-0.05, 0) is 50.2 Å². The highest BCUT2D eigenvalue weighted by Crippen LogP contribution is 2.38. The fraction of sp³-hybridized carbons (Fsp3) is 0.318. The lowest BCUT2D eigenvalue weighted by atomic mass is 10.0. The number of aromatic hydroxyl groups is 1. The summed E-state index contributed by atoms with van der Waals surface area (Å²) >= 11 is 1.73. The molecule has 0 amide bonds. The minimum Gasteiger partial charge on any atom is -0.508 e. The van der Waals surface area contributed by atoms with Crippen molar-refractivity contribution >= 4 is 11.3 Å². The number of aryl methyl sites for hydroxylation is 1. The van der Waals surface area contributed by atoms with Crippen LogP contribution in [0.1, 0.15) is 30.3 Å². The molecular weight excluding hydrogens is 340 g/mol. The number of unbranched alkanes of at least 4 members (excludes halogenated alkanes) is 1. The van der Waals surface area contributed by atoms with Crippen molar-refractivity contribution in [3.8, 4) is 27.4 Å². The van der Waals surface area contributed by atoms with Gasteiger partial charge < -0.3 is 10.0 Å². The highest BCUT2D eigenvalue weighted by atomic mass is 32.1. The lowest BCUT2D eigenvalue weighted by Crippen LogP contribution is -2.10. The van der Waals surface area contributed by atoms with E-state index in [9.17, 15) is 5.11 Å². The number of rotatable bonds is 7. The average molecular weight is 367 g/mol. The molecule has 26 heavy (non-hydrogen) atoms. The van der Waals surface area contributed by atoms with Crippen LogP contribution >= 0.6 is 11.3 Å². The predicted octanol–water partition coefficient (Wildman–Crippen LogP) is 5.59. The number of hydrogen-bond donors (Lipinski definition) is 1. The molecule has 136 valence electrons. The Hall–Kier alpha value is -2.17. The van der Waals surface area contributed by atoms with Crippen LogP contribution < -0.4 is 0 Å². The van der Waals surface area contributed by atoms with Gasteiger partial charge in [0, 0.05) is 12.1 Å². The van der Waals surface area contributed by atoms with Crippen LogP contribution in [-0.2, 0) is 13.0 Å². The van der Waals surface area contributed by atoms with Crippen LogP contribution in [0.2, 0.25) is 0 Å². The quantitative estimate of drug-likeness (QED) is 0.592. The van der Waals surface area contributed by atoms with E-state index in [0.29, 0.717) is 0 Å². The summed E-state index contributed by atoms with van der Waals surface area (Å²) < 4.78 is 0. The smallest absolute Gasteiger partial charge is 0.116 e. The Kier molecular flexibility index (Phi) is 6.07. The van der Waals surface area contributed by atoms with Crippen molar-refractivity contribution in [3.05, 3.63) is 59.1 Å². The molecule has 0 spiro atoms. The van der Waals surface area contributed by atoms with Gasteiger partial charge in [-0.2, -0.15) is 0 Å². The molecule has 0 saturated heterocycles. The van der Waals surface area contributed by atoms with Gasteiger partial charge in [0.05, 0.1) is 10.6 Å². The molecule has 3 rings (SSSR count). The van der Waals surface area contributed by atoms with Crippen LogP contribution in [0, 0.1) is 0 Å². The standard InChI is InChI=1S/C22H26N2OS/c1-4-5-7-16-10-12-17(13-11-16)22-21(18-8-6-9-19(25)14-18)23-20(26-22)15-24(2)3/h6,8-14,25H,4-5,7,15H2,1-3H3. The first-order valence-corrected chi connectivity index (χ1v) is 9.91. The van der Waals surface area contributed by atoms with Crippen molar-refractivity contribution in [2.45, 2.75) is 32.7 Å². The molecule has 4 heteroatoms. The molecular formula is C22H26N2OS. The number of hydrogen-bond acceptors (Lipinski definition) is 4. The SMILES string of the molecule is CCCCc1ccc(-c2sc(CN(C)C)nc2-c2cccc(O)c2)cc1. The van der Waals surface area contributed by atoms with E-state index < -0.39 is 0 Å². The van der Waals surface area contributed by atoms with E-state index in [-0.39, 0.29) is 5.75 Å². The van der Waals surface area contributed by atoms with Gasteiger partial charge in [-0.1, -0.05) is 49.7 Å². The molecule has 0 radical (unpaired) electrons. The van der Waals surface area contributed by atoms with E-state index in [1.54, 1.807) is 23.5 Å². The van der Waals surface area contributed by atoms with Crippen molar-refractivity contribution in [2.24, 2.45) is 0 Å². The van der Waals surface area contributed by atoms with E-state index in [4.69, 9.17) is 4.98 Å². The lowest BCUT2D eigenvalue weighted by Gasteiger charge is -2.05. The van der Waals surface area contributed by atoms with Gasteiger partial charge in [0.15, 0.2) is 0 Å². The summed E-state index contributed by atoms with van der Waals surface area (Å²) in [5.74, 6) is 0.269. The molecule has 0 unspecified atom stereocenters. The highest BCUT2D eigenvalue weighted by Gasteiger charge is 2.16. The third-order valence-electron chi connectivity index (χ3n) is 4.28. The van der Waals surface area contributed by atoms with E-state index >= 15 is 0 Å². The van der Waals surface area contributed by atoms with Crippen LogP contribution in [0.5, 0.6) is 5.75 Å². The zero-order valence-electron chi connectivity index (χ0n) is 15.7. The summed E-state index contributed by atoms with van der Waals surface area (Å²) in [7, 11) is 4.11. The van der Waals surface area contributed by atoms with Gasteiger partial charge in [0.1, 0.15) is 10.8 Å². The third-order valence-corrected chi connectivity index (χ3v) is 5.37. The van der Waals surface area contributed by atoms with E-state index in [2.05, 4.69) is 50.2 Å². The molecule has 1 heterocycles. The Morgan fingerprint density at radius 1 is 1.04 bits per heavy atom. The molecule has 1 N–H and O–H groups in total. The first kappa shape index (κ1) is 18.6. The van der Waals surface area contributed by atoms with Crippen LogP contribution in [0.15, 0.2) is 48.5 Å². The second kappa shape index (κ2) is 8.47. The maximum Gasteiger partial charge on any atom is 0.116 e. The average Bonchev–Trinajstić information content (AvgIpc) is 3.03. The molecule has 3 aromatic rings. The molecule has 3 nitrogen and oxygen atoms in total. The summed E-state index contributed by atoms with van der Waals surface area (Å²) in [5, 5.41) is 11.0. The van der Waals surface area contributed by atoms with E-state index in [1.807, 2.05) is 12.1 Å². The Bertz CT molecular complexity index is 853. The largest absolute Gasteiger partial charge is 0.508 e. The van der Waals surface area contributed by atoms with Gasteiger partial charge in [-0.3, -0.25) is 0 Å².